The summed E-state index contributed by atoms with van der Waals surface area (Å²) in [5.41, 5.74) is 0.584. The van der Waals surface area contributed by atoms with Gasteiger partial charge in [0, 0.05) is 26.4 Å². The fraction of sp³-hybridized carbons (Fsp3) is 0.500. The largest absolute Gasteiger partial charge is 0.395 e. The first-order valence-electron chi connectivity index (χ1n) is 4.82. The highest BCUT2D eigenvalue weighted by Crippen LogP contribution is 2.01. The second-order valence-electron chi connectivity index (χ2n) is 3.06. The molecule has 1 rings (SSSR count). The summed E-state index contributed by atoms with van der Waals surface area (Å²) in [6.45, 7) is 1.43. The molecule has 0 aromatic carbocycles. The van der Waals surface area contributed by atoms with Crippen molar-refractivity contribution in [2.75, 3.05) is 26.9 Å². The van der Waals surface area contributed by atoms with Gasteiger partial charge in [-0.15, -0.1) is 0 Å². The molecule has 0 aliphatic heterocycles. The number of aromatic nitrogens is 1. The van der Waals surface area contributed by atoms with Gasteiger partial charge in [0.2, 0.25) is 0 Å². The molecule has 5 heteroatoms. The summed E-state index contributed by atoms with van der Waals surface area (Å²) >= 11 is 0. The number of methoxy groups -OCH3 is 1. The molecule has 84 valence electrons. The van der Waals surface area contributed by atoms with Gasteiger partial charge in [-0.25, -0.2) is 0 Å². The van der Waals surface area contributed by atoms with Crippen LogP contribution < -0.4 is 5.32 Å². The van der Waals surface area contributed by atoms with Crippen LogP contribution in [0.3, 0.4) is 0 Å². The summed E-state index contributed by atoms with van der Waals surface area (Å²) in [6, 6.07) is 3.55. The Morgan fingerprint density at radius 1 is 1.67 bits per heavy atom. The first-order chi connectivity index (χ1) is 7.29. The second kappa shape index (κ2) is 6.21. The Kier molecular flexibility index (Phi) is 4.86. The first-order valence-corrected chi connectivity index (χ1v) is 4.82. The third-order valence-electron chi connectivity index (χ3n) is 2.00. The van der Waals surface area contributed by atoms with Crippen LogP contribution in [-0.4, -0.2) is 42.4 Å². The third kappa shape index (κ3) is 3.38. The Balaban J connectivity index is 2.58. The first kappa shape index (κ1) is 11.7. The minimum Gasteiger partial charge on any atom is -0.395 e. The van der Waals surface area contributed by atoms with Crippen LogP contribution in [0, 0.1) is 0 Å². The van der Waals surface area contributed by atoms with Gasteiger partial charge in [-0.1, -0.05) is 0 Å². The lowest BCUT2D eigenvalue weighted by atomic mass is 10.4. The summed E-state index contributed by atoms with van der Waals surface area (Å²) in [5, 5.41) is 11.2. The third-order valence-corrected chi connectivity index (χ3v) is 2.00. The van der Waals surface area contributed by atoms with Crippen LogP contribution in [0.5, 0.6) is 0 Å². The molecule has 0 saturated heterocycles. The number of rotatable bonds is 6. The molecule has 0 fully saturated rings. The van der Waals surface area contributed by atoms with Crippen LogP contribution in [0.15, 0.2) is 18.3 Å². The van der Waals surface area contributed by atoms with E-state index in [0.717, 1.165) is 0 Å². The molecule has 5 nitrogen and oxygen atoms in total. The highest BCUT2D eigenvalue weighted by atomic mass is 16.5. The van der Waals surface area contributed by atoms with E-state index in [1.807, 2.05) is 16.8 Å². The maximum atomic E-state index is 11.6. The number of nitrogens with one attached hydrogen (secondary N) is 1. The van der Waals surface area contributed by atoms with Crippen molar-refractivity contribution in [1.29, 1.82) is 0 Å². The Labute approximate surface area is 88.7 Å². The number of carbonyl (C=O) groups excluding carboxylic acids is 1. The minimum atomic E-state index is -0.176. The summed E-state index contributed by atoms with van der Waals surface area (Å²) in [6.07, 6.45) is 1.83. The van der Waals surface area contributed by atoms with Crippen molar-refractivity contribution in [1.82, 2.24) is 9.88 Å². The molecule has 0 aliphatic rings. The van der Waals surface area contributed by atoms with Gasteiger partial charge < -0.3 is 19.7 Å². The van der Waals surface area contributed by atoms with E-state index < -0.39 is 0 Å². The van der Waals surface area contributed by atoms with Gasteiger partial charge in [0.1, 0.15) is 5.69 Å². The molecule has 1 aromatic heterocycles. The van der Waals surface area contributed by atoms with Gasteiger partial charge in [-0.3, -0.25) is 4.79 Å². The van der Waals surface area contributed by atoms with E-state index in [2.05, 4.69) is 5.32 Å². The average molecular weight is 212 g/mol. The van der Waals surface area contributed by atoms with E-state index in [4.69, 9.17) is 9.84 Å². The van der Waals surface area contributed by atoms with Gasteiger partial charge >= 0.3 is 0 Å². The number of amides is 1. The maximum Gasteiger partial charge on any atom is 0.267 e. The van der Waals surface area contributed by atoms with Crippen LogP contribution in [-0.2, 0) is 11.3 Å². The number of aliphatic hydroxyl groups is 1. The number of hydrogen-bond donors (Lipinski definition) is 2. The maximum absolute atomic E-state index is 11.6. The Hall–Kier alpha value is -1.33. The lowest BCUT2D eigenvalue weighted by Crippen LogP contribution is -2.28. The number of hydrogen-bond acceptors (Lipinski definition) is 3. The monoisotopic (exact) mass is 212 g/mol. The molecule has 15 heavy (non-hydrogen) atoms. The van der Waals surface area contributed by atoms with Gasteiger partial charge in [0.15, 0.2) is 0 Å². The van der Waals surface area contributed by atoms with Crippen LogP contribution >= 0.6 is 0 Å². The average Bonchev–Trinajstić information content (AvgIpc) is 2.71. The second-order valence-corrected chi connectivity index (χ2v) is 3.06. The van der Waals surface area contributed by atoms with Gasteiger partial charge in [-0.2, -0.15) is 0 Å². The fourth-order valence-electron chi connectivity index (χ4n) is 1.26. The quantitative estimate of drug-likeness (QED) is 0.689. The Morgan fingerprint density at radius 2 is 2.47 bits per heavy atom. The molecule has 0 saturated carbocycles. The topological polar surface area (TPSA) is 63.5 Å². The predicted molar refractivity (Wildman–Crippen MR) is 55.7 cm³/mol. The normalized spacial score (nSPS) is 10.3. The lowest BCUT2D eigenvalue weighted by molar-refractivity contribution is 0.0932. The Morgan fingerprint density at radius 3 is 3.13 bits per heavy atom. The summed E-state index contributed by atoms with van der Waals surface area (Å²) in [4.78, 5) is 11.6. The van der Waals surface area contributed by atoms with E-state index in [-0.39, 0.29) is 19.1 Å². The van der Waals surface area contributed by atoms with Crippen LogP contribution in [0.4, 0.5) is 0 Å². The van der Waals surface area contributed by atoms with Crippen LogP contribution in [0.25, 0.3) is 0 Å². The van der Waals surface area contributed by atoms with Gasteiger partial charge in [0.05, 0.1) is 13.2 Å². The number of carbonyl (C=O) groups is 1. The van der Waals surface area contributed by atoms with Crippen molar-refractivity contribution in [2.24, 2.45) is 0 Å². The van der Waals surface area contributed by atoms with Crippen LogP contribution in [0.1, 0.15) is 10.5 Å². The van der Waals surface area contributed by atoms with Gasteiger partial charge in [0.25, 0.3) is 5.91 Å². The SMILES string of the molecule is COCCn1cccc1C(=O)NCCO. The summed E-state index contributed by atoms with van der Waals surface area (Å²) < 4.78 is 6.75. The zero-order valence-electron chi connectivity index (χ0n) is 8.77. The highest BCUT2D eigenvalue weighted by Gasteiger charge is 2.09. The minimum absolute atomic E-state index is 0.0511. The molecule has 1 heterocycles. The zero-order valence-corrected chi connectivity index (χ0v) is 8.77. The molecule has 0 spiro atoms. The number of aliphatic hydroxyl groups excluding tert-OH is 1. The number of ether oxygens (including phenoxy) is 1. The van der Waals surface area contributed by atoms with Crippen molar-refractivity contribution in [2.45, 2.75) is 6.54 Å². The Bertz CT molecular complexity index is 309. The smallest absolute Gasteiger partial charge is 0.267 e. The molecule has 0 bridgehead atoms. The fourth-order valence-corrected chi connectivity index (χ4v) is 1.26. The molecular weight excluding hydrogens is 196 g/mol. The van der Waals surface area contributed by atoms with E-state index in [1.165, 1.54) is 0 Å². The van der Waals surface area contributed by atoms with Crippen molar-refractivity contribution in [3.8, 4) is 0 Å². The molecule has 2 N–H and O–H groups in total. The molecule has 0 unspecified atom stereocenters. The van der Waals surface area contributed by atoms with Gasteiger partial charge in [-0.05, 0) is 12.1 Å². The van der Waals surface area contributed by atoms with E-state index in [1.54, 1.807) is 13.2 Å². The standard InChI is InChI=1S/C10H16N2O3/c1-15-8-6-12-5-2-3-9(12)10(14)11-4-7-13/h2-3,5,13H,4,6-8H2,1H3,(H,11,14). The van der Waals surface area contributed by atoms with Crippen LogP contribution in [0.2, 0.25) is 0 Å². The molecule has 0 atom stereocenters. The lowest BCUT2D eigenvalue weighted by Gasteiger charge is -2.08. The highest BCUT2D eigenvalue weighted by molar-refractivity contribution is 5.92. The van der Waals surface area contributed by atoms with Crippen molar-refractivity contribution in [3.63, 3.8) is 0 Å². The molecule has 0 radical (unpaired) electrons. The molecule has 1 amide bonds. The van der Waals surface area contributed by atoms with E-state index in [0.29, 0.717) is 18.8 Å². The summed E-state index contributed by atoms with van der Waals surface area (Å²) in [5.74, 6) is -0.176. The zero-order chi connectivity index (χ0) is 11.1. The van der Waals surface area contributed by atoms with E-state index >= 15 is 0 Å². The molecular formula is C10H16N2O3. The molecule has 1 aromatic rings. The predicted octanol–water partition coefficient (Wildman–Crippen LogP) is -0.143. The van der Waals surface area contributed by atoms with E-state index in [9.17, 15) is 4.79 Å². The van der Waals surface area contributed by atoms with Crippen molar-refractivity contribution >= 4 is 5.91 Å². The van der Waals surface area contributed by atoms with Crippen molar-refractivity contribution in [3.05, 3.63) is 24.0 Å². The van der Waals surface area contributed by atoms with Crippen molar-refractivity contribution < 1.29 is 14.6 Å². The summed E-state index contributed by atoms with van der Waals surface area (Å²) in [7, 11) is 1.62. The molecule has 0 aliphatic carbocycles. The number of nitrogens with zero attached hydrogens (tertiary/aromatic N) is 1.